The third kappa shape index (κ3) is 4.70. The molecule has 0 saturated carbocycles. The summed E-state index contributed by atoms with van der Waals surface area (Å²) in [4.78, 5) is 2.28. The molecule has 0 N–H and O–H groups in total. The van der Waals surface area contributed by atoms with Crippen LogP contribution in [0.5, 0.6) is 5.88 Å². The molecule has 0 amide bonds. The highest BCUT2D eigenvalue weighted by molar-refractivity contribution is 14.1. The molecule has 2 aromatic rings. The maximum Gasteiger partial charge on any atom is 0.246 e. The average Bonchev–Trinajstić information content (AvgIpc) is 2.85. The van der Waals surface area contributed by atoms with Crippen LogP contribution in [0.1, 0.15) is 31.5 Å². The molecule has 0 atom stereocenters. The van der Waals surface area contributed by atoms with Crippen LogP contribution in [0.15, 0.2) is 30.3 Å². The Labute approximate surface area is 153 Å². The molecule has 0 aliphatic carbocycles. The Bertz CT molecular complexity index is 612. The van der Waals surface area contributed by atoms with Crippen molar-refractivity contribution >= 4 is 22.6 Å². The highest BCUT2D eigenvalue weighted by atomic mass is 127. The second-order valence-electron chi connectivity index (χ2n) is 5.82. The van der Waals surface area contributed by atoms with Crippen molar-refractivity contribution in [3.8, 4) is 5.88 Å². The number of likely N-dealkylation sites (N-methyl/N-ethyl adjacent to an activating group) is 1. The molecule has 0 unspecified atom stereocenters. The smallest absolute Gasteiger partial charge is 0.246 e. The lowest BCUT2D eigenvalue weighted by atomic mass is 10.1. The van der Waals surface area contributed by atoms with E-state index in [1.807, 2.05) is 0 Å². The zero-order valence-corrected chi connectivity index (χ0v) is 15.1. The first-order valence-electron chi connectivity index (χ1n) is 7.84. The summed E-state index contributed by atoms with van der Waals surface area (Å²) in [6.45, 7) is 3.55. The molecule has 2 heterocycles. The second-order valence-corrected chi connectivity index (χ2v) is 6.90. The lowest BCUT2D eigenvalue weighted by Crippen LogP contribution is -2.24. The number of aryl methyl sites for hydroxylation is 1. The van der Waals surface area contributed by atoms with Crippen LogP contribution in [0, 0.1) is 3.57 Å². The quantitative estimate of drug-likeness (QED) is 0.654. The van der Waals surface area contributed by atoms with E-state index >= 15 is 0 Å². The van der Waals surface area contributed by atoms with Gasteiger partial charge in [-0.3, -0.25) is 9.58 Å². The third-order valence-corrected chi connectivity index (χ3v) is 5.09. The number of nitrogens with zero attached hydrogens (tertiary/aromatic N) is 3. The fraction of sp³-hybridized carbons (Fsp3) is 0.500. The summed E-state index contributed by atoms with van der Waals surface area (Å²) in [5, 5.41) is 4.60. The van der Waals surface area contributed by atoms with Gasteiger partial charge in [0.15, 0.2) is 0 Å². The number of ether oxygens (including phenoxy) is 1. The van der Waals surface area contributed by atoms with Gasteiger partial charge in [0.1, 0.15) is 6.61 Å². The predicted molar refractivity (Wildman–Crippen MR) is 103 cm³/mol. The molecule has 1 aliphatic heterocycles. The van der Waals surface area contributed by atoms with Crippen molar-refractivity contribution < 1.29 is 4.74 Å². The number of aromatic nitrogens is 2. The standard InChI is InChI=1S/C17H22IN3O.CH4/c1-20(13-14-7-3-2-4-8-14)11-12-22-17-16(18)15-9-5-6-10-21(15)19-17;/h2-4,7-8H,5-6,9-13H2,1H3;1H4. The van der Waals surface area contributed by atoms with Crippen LogP contribution < -0.4 is 4.74 Å². The van der Waals surface area contributed by atoms with Gasteiger partial charge >= 0.3 is 0 Å². The minimum absolute atomic E-state index is 0. The van der Waals surface area contributed by atoms with E-state index in [9.17, 15) is 0 Å². The normalized spacial score (nSPS) is 13.5. The molecular formula is C18H26IN3O. The van der Waals surface area contributed by atoms with E-state index in [2.05, 4.69) is 74.7 Å². The SMILES string of the molecule is C.CN(CCOc1nn2c(c1I)CCCC2)Cc1ccccc1. The van der Waals surface area contributed by atoms with Gasteiger partial charge in [0.05, 0.1) is 9.26 Å². The number of benzene rings is 1. The molecule has 5 heteroatoms. The molecule has 0 spiro atoms. The number of hydrogen-bond donors (Lipinski definition) is 0. The first kappa shape index (κ1) is 18.3. The van der Waals surface area contributed by atoms with Gasteiger partial charge < -0.3 is 4.74 Å². The van der Waals surface area contributed by atoms with Gasteiger partial charge in [-0.15, -0.1) is 5.10 Å². The lowest BCUT2D eigenvalue weighted by molar-refractivity contribution is 0.224. The van der Waals surface area contributed by atoms with E-state index < -0.39 is 0 Å². The van der Waals surface area contributed by atoms with Crippen LogP contribution in [0.25, 0.3) is 0 Å². The van der Waals surface area contributed by atoms with E-state index in [0.29, 0.717) is 6.61 Å². The number of rotatable bonds is 6. The maximum atomic E-state index is 5.92. The van der Waals surface area contributed by atoms with Gasteiger partial charge in [-0.25, -0.2) is 0 Å². The van der Waals surface area contributed by atoms with Crippen LogP contribution >= 0.6 is 22.6 Å². The largest absolute Gasteiger partial charge is 0.474 e. The monoisotopic (exact) mass is 427 g/mol. The summed E-state index contributed by atoms with van der Waals surface area (Å²) in [6.07, 6.45) is 3.62. The predicted octanol–water partition coefficient (Wildman–Crippen LogP) is 3.97. The Morgan fingerprint density at radius 1 is 1.26 bits per heavy atom. The van der Waals surface area contributed by atoms with E-state index in [0.717, 1.165) is 31.9 Å². The molecule has 126 valence electrons. The van der Waals surface area contributed by atoms with Gasteiger partial charge in [0.2, 0.25) is 5.88 Å². The van der Waals surface area contributed by atoms with Gasteiger partial charge in [0.25, 0.3) is 0 Å². The van der Waals surface area contributed by atoms with Crippen LogP contribution in [0.2, 0.25) is 0 Å². The third-order valence-electron chi connectivity index (χ3n) is 4.00. The van der Waals surface area contributed by atoms with Crippen LogP contribution in [0.3, 0.4) is 0 Å². The zero-order chi connectivity index (χ0) is 15.4. The first-order valence-corrected chi connectivity index (χ1v) is 8.92. The van der Waals surface area contributed by atoms with Gasteiger partial charge in [0, 0.05) is 19.6 Å². The summed E-state index contributed by atoms with van der Waals surface area (Å²) in [5.74, 6) is 0.811. The molecule has 0 fully saturated rings. The highest BCUT2D eigenvalue weighted by Gasteiger charge is 2.19. The molecule has 3 rings (SSSR count). The van der Waals surface area contributed by atoms with Crippen molar-refractivity contribution in [3.63, 3.8) is 0 Å². The summed E-state index contributed by atoms with van der Waals surface area (Å²) in [7, 11) is 2.12. The fourth-order valence-electron chi connectivity index (χ4n) is 2.79. The highest BCUT2D eigenvalue weighted by Crippen LogP contribution is 2.27. The Morgan fingerprint density at radius 3 is 2.78 bits per heavy atom. The molecule has 0 bridgehead atoms. The lowest BCUT2D eigenvalue weighted by Gasteiger charge is -2.16. The van der Waals surface area contributed by atoms with Crippen molar-refractivity contribution in [1.82, 2.24) is 14.7 Å². The summed E-state index contributed by atoms with van der Waals surface area (Å²) >= 11 is 2.37. The van der Waals surface area contributed by atoms with E-state index in [1.54, 1.807) is 0 Å². The molecule has 1 aromatic heterocycles. The van der Waals surface area contributed by atoms with Crippen molar-refractivity contribution in [2.24, 2.45) is 0 Å². The van der Waals surface area contributed by atoms with E-state index in [1.165, 1.54) is 27.7 Å². The van der Waals surface area contributed by atoms with Crippen LogP contribution in [-0.2, 0) is 19.5 Å². The summed E-state index contributed by atoms with van der Waals surface area (Å²) in [6, 6.07) is 10.5. The number of fused-ring (bicyclic) bond motifs is 1. The number of halogens is 1. The van der Waals surface area contributed by atoms with Gasteiger partial charge in [-0.1, -0.05) is 37.8 Å². The average molecular weight is 427 g/mol. The minimum atomic E-state index is 0. The van der Waals surface area contributed by atoms with Crippen molar-refractivity contribution in [1.29, 1.82) is 0 Å². The van der Waals surface area contributed by atoms with E-state index in [4.69, 9.17) is 4.74 Å². The summed E-state index contributed by atoms with van der Waals surface area (Å²) < 4.78 is 9.23. The van der Waals surface area contributed by atoms with Crippen LogP contribution in [-0.4, -0.2) is 34.9 Å². The Balaban J connectivity index is 0.00000192. The topological polar surface area (TPSA) is 30.3 Å². The van der Waals surface area contributed by atoms with Gasteiger partial charge in [-0.2, -0.15) is 0 Å². The Hall–Kier alpha value is -1.08. The number of hydrogen-bond acceptors (Lipinski definition) is 3. The molecule has 4 nitrogen and oxygen atoms in total. The first-order chi connectivity index (χ1) is 10.7. The van der Waals surface area contributed by atoms with Crippen molar-refractivity contribution in [3.05, 3.63) is 45.2 Å². The van der Waals surface area contributed by atoms with Crippen molar-refractivity contribution in [2.45, 2.75) is 39.8 Å². The summed E-state index contributed by atoms with van der Waals surface area (Å²) in [5.41, 5.74) is 2.68. The Morgan fingerprint density at radius 2 is 2.04 bits per heavy atom. The minimum Gasteiger partial charge on any atom is -0.474 e. The van der Waals surface area contributed by atoms with Crippen molar-refractivity contribution in [2.75, 3.05) is 20.2 Å². The molecular weight excluding hydrogens is 401 g/mol. The van der Waals surface area contributed by atoms with Gasteiger partial charge in [-0.05, 0) is 54.5 Å². The molecule has 23 heavy (non-hydrogen) atoms. The van der Waals surface area contributed by atoms with E-state index in [-0.39, 0.29) is 7.43 Å². The Kier molecular flexibility index (Phi) is 6.89. The zero-order valence-electron chi connectivity index (χ0n) is 13.0. The molecule has 1 aromatic carbocycles. The second kappa shape index (κ2) is 8.68. The molecule has 0 saturated heterocycles. The van der Waals surface area contributed by atoms with Crippen LogP contribution in [0.4, 0.5) is 0 Å². The molecule has 1 aliphatic rings. The fourth-order valence-corrected chi connectivity index (χ4v) is 3.60. The molecule has 0 radical (unpaired) electrons. The maximum absolute atomic E-state index is 5.92.